The number of alkyl halides is 2. The van der Waals surface area contributed by atoms with Gasteiger partial charge in [0.15, 0.2) is 10.0 Å². The van der Waals surface area contributed by atoms with Gasteiger partial charge in [0.25, 0.3) is 5.56 Å². The lowest BCUT2D eigenvalue weighted by Crippen LogP contribution is -2.40. The molecule has 0 spiro atoms. The van der Waals surface area contributed by atoms with Crippen LogP contribution in [0.5, 0.6) is 5.75 Å². The number of benzene rings is 1. The molecule has 14 heteroatoms. The highest BCUT2D eigenvalue weighted by Gasteiger charge is 2.55. The van der Waals surface area contributed by atoms with E-state index in [0.717, 1.165) is 10.6 Å². The highest BCUT2D eigenvalue weighted by molar-refractivity contribution is 9.10. The molecule has 1 aromatic heterocycles. The highest BCUT2D eigenvalue weighted by Crippen LogP contribution is 2.52. The number of ether oxygens (including phenoxy) is 2. The minimum absolute atomic E-state index is 0.157. The van der Waals surface area contributed by atoms with Crippen LogP contribution in [0.25, 0.3) is 0 Å². The van der Waals surface area contributed by atoms with Gasteiger partial charge in [0.1, 0.15) is 18.0 Å². The van der Waals surface area contributed by atoms with Gasteiger partial charge in [-0.2, -0.15) is 0 Å². The molecule has 0 saturated carbocycles. The normalized spacial score (nSPS) is 26.6. The first-order valence-corrected chi connectivity index (χ1v) is 13.5. The zero-order chi connectivity index (χ0) is 25.8. The number of aromatic amines is 1. The Kier molecular flexibility index (Phi) is 9.01. The number of esters is 1. The van der Waals surface area contributed by atoms with Crippen LogP contribution >= 0.6 is 35.1 Å². The zero-order valence-corrected chi connectivity index (χ0v) is 22.1. The molecule has 1 fully saturated rings. The fraction of sp³-hybridized carbons (Fsp3) is 0.476. The van der Waals surface area contributed by atoms with Crippen molar-refractivity contribution < 1.29 is 33.0 Å². The number of aromatic nitrogens is 2. The summed E-state index contributed by atoms with van der Waals surface area (Å²) in [6.45, 7) is 2.90. The number of rotatable bonds is 10. The molecule has 1 aliphatic heterocycles. The fourth-order valence-corrected chi connectivity index (χ4v) is 6.15. The Morgan fingerprint density at radius 2 is 2.03 bits per heavy atom. The molecule has 0 amide bonds. The van der Waals surface area contributed by atoms with Crippen molar-refractivity contribution in [3.05, 3.63) is 63.4 Å². The third-order valence-corrected chi connectivity index (χ3v) is 8.39. The quantitative estimate of drug-likeness (QED) is 0.240. The van der Waals surface area contributed by atoms with Crippen LogP contribution in [-0.4, -0.2) is 56.0 Å². The Morgan fingerprint density at radius 1 is 1.34 bits per heavy atom. The molecule has 35 heavy (non-hydrogen) atoms. The van der Waals surface area contributed by atoms with Gasteiger partial charge in [0.05, 0.1) is 25.3 Å². The van der Waals surface area contributed by atoms with Gasteiger partial charge in [0, 0.05) is 12.3 Å². The number of nitrogens with zero attached hydrogens (tertiary/aromatic N) is 1. The van der Waals surface area contributed by atoms with E-state index in [1.165, 1.54) is 13.1 Å². The molecule has 11 nitrogen and oxygen atoms in total. The van der Waals surface area contributed by atoms with E-state index in [1.54, 1.807) is 37.3 Å². The van der Waals surface area contributed by atoms with Crippen LogP contribution in [0.3, 0.4) is 0 Å². The first-order valence-electron chi connectivity index (χ1n) is 10.6. The summed E-state index contributed by atoms with van der Waals surface area (Å²) in [4.78, 5) is 37.8. The van der Waals surface area contributed by atoms with E-state index < -0.39 is 59.6 Å². The van der Waals surface area contributed by atoms with Crippen molar-refractivity contribution in [1.29, 1.82) is 0 Å². The Labute approximate surface area is 214 Å². The van der Waals surface area contributed by atoms with Gasteiger partial charge in [0.2, 0.25) is 0 Å². The predicted molar refractivity (Wildman–Crippen MR) is 130 cm³/mol. The van der Waals surface area contributed by atoms with Gasteiger partial charge >= 0.3 is 19.3 Å². The van der Waals surface area contributed by atoms with Crippen molar-refractivity contribution in [2.45, 2.75) is 36.1 Å². The summed E-state index contributed by atoms with van der Waals surface area (Å²) < 4.78 is 35.0. The Hall–Kier alpha value is -1.95. The average molecular weight is 596 g/mol. The molecule has 1 saturated heterocycles. The van der Waals surface area contributed by atoms with E-state index in [2.05, 4.69) is 20.9 Å². The van der Waals surface area contributed by atoms with Crippen molar-refractivity contribution in [3.63, 3.8) is 0 Å². The molecule has 0 aliphatic carbocycles. The van der Waals surface area contributed by atoms with Crippen LogP contribution in [0.15, 0.2) is 52.2 Å². The second-order valence-corrected chi connectivity index (χ2v) is 12.2. The van der Waals surface area contributed by atoms with Gasteiger partial charge in [-0.15, -0.1) is 0 Å². The summed E-state index contributed by atoms with van der Waals surface area (Å²) in [5.74, 6) is -1.12. The SMILES string of the molecule is CCOC(=O)[C@H](C)C[P@](=O)(OC[C@H]1O[C@@H](n2ccc(=O)[nH]c2=O)[C@](Cl)(Br)[C@@H]1O)Oc1ccccc1. The summed E-state index contributed by atoms with van der Waals surface area (Å²) in [7, 11) is -3.97. The Morgan fingerprint density at radius 3 is 2.66 bits per heavy atom. The molecule has 1 aliphatic rings. The number of carbonyl (C=O) groups is 1. The number of nitrogens with one attached hydrogen (secondary N) is 1. The molecule has 0 bridgehead atoms. The lowest BCUT2D eigenvalue weighted by molar-refractivity contribution is -0.146. The third-order valence-electron chi connectivity index (χ3n) is 5.09. The number of hydrogen-bond acceptors (Lipinski definition) is 9. The summed E-state index contributed by atoms with van der Waals surface area (Å²) in [5.41, 5.74) is -1.42. The zero-order valence-electron chi connectivity index (χ0n) is 18.8. The van der Waals surface area contributed by atoms with E-state index in [1.807, 2.05) is 0 Å². The van der Waals surface area contributed by atoms with E-state index in [4.69, 9.17) is 30.1 Å². The molecule has 0 radical (unpaired) electrons. The number of H-pyrrole nitrogens is 1. The Balaban J connectivity index is 1.80. The predicted octanol–water partition coefficient (Wildman–Crippen LogP) is 2.61. The summed E-state index contributed by atoms with van der Waals surface area (Å²) in [6.07, 6.45) is -2.95. The summed E-state index contributed by atoms with van der Waals surface area (Å²) >= 11 is 9.62. The number of aliphatic hydroxyl groups excluding tert-OH is 1. The van der Waals surface area contributed by atoms with Crippen LogP contribution in [0.2, 0.25) is 0 Å². The maximum atomic E-state index is 13.6. The first-order chi connectivity index (χ1) is 16.5. The topological polar surface area (TPSA) is 146 Å². The van der Waals surface area contributed by atoms with Crippen LogP contribution in [0.1, 0.15) is 20.1 Å². The van der Waals surface area contributed by atoms with Gasteiger partial charge < -0.3 is 19.1 Å². The molecule has 192 valence electrons. The van der Waals surface area contributed by atoms with Gasteiger partial charge in [-0.3, -0.25) is 23.7 Å². The second kappa shape index (κ2) is 11.4. The maximum absolute atomic E-state index is 13.6. The number of hydrogen-bond donors (Lipinski definition) is 2. The molecule has 6 atom stereocenters. The largest absolute Gasteiger partial charge is 0.466 e. The van der Waals surface area contributed by atoms with E-state index in [9.17, 15) is 24.1 Å². The first kappa shape index (κ1) is 27.6. The van der Waals surface area contributed by atoms with Gasteiger partial charge in [-0.05, 0) is 19.1 Å². The number of halogens is 2. The molecule has 1 aromatic carbocycles. The molecular weight excluding hydrogens is 571 g/mol. The molecule has 2 heterocycles. The average Bonchev–Trinajstić information content (AvgIpc) is 3.02. The molecular formula is C21H25BrClN2O9P. The van der Waals surface area contributed by atoms with E-state index >= 15 is 0 Å². The minimum Gasteiger partial charge on any atom is -0.466 e. The summed E-state index contributed by atoms with van der Waals surface area (Å²) in [5, 5.41) is 10.7. The van der Waals surface area contributed by atoms with Crippen molar-refractivity contribution in [1.82, 2.24) is 9.55 Å². The lowest BCUT2D eigenvalue weighted by atomic mass is 10.2. The van der Waals surface area contributed by atoms with Crippen LogP contribution in [0, 0.1) is 5.92 Å². The van der Waals surface area contributed by atoms with Crippen molar-refractivity contribution >= 4 is 41.1 Å². The molecule has 2 N–H and O–H groups in total. The number of para-hydroxylation sites is 1. The van der Waals surface area contributed by atoms with Crippen LogP contribution in [-0.2, 0) is 23.4 Å². The number of aliphatic hydroxyl groups is 1. The van der Waals surface area contributed by atoms with E-state index in [0.29, 0.717) is 0 Å². The standard InChI is InChI=1S/C21H25BrClN2O9P/c1-3-31-18(28)13(2)12-35(30,34-14-7-5-4-6-8-14)32-11-15-17(27)21(22,23)19(33-15)25-10-9-16(26)24-20(25)29/h4-10,13,15,17,19,27H,3,11-12H2,1-2H3,(H,24,26,29)/t13-,15-,17-,19-,21+,35+/m1/s1. The third kappa shape index (κ3) is 6.63. The molecule has 2 aromatic rings. The fourth-order valence-electron chi connectivity index (χ4n) is 3.36. The van der Waals surface area contributed by atoms with E-state index in [-0.39, 0.29) is 18.5 Å². The van der Waals surface area contributed by atoms with Crippen LogP contribution in [0.4, 0.5) is 0 Å². The molecule has 3 rings (SSSR count). The van der Waals surface area contributed by atoms with Crippen LogP contribution < -0.4 is 15.8 Å². The van der Waals surface area contributed by atoms with Crippen molar-refractivity contribution in [2.24, 2.45) is 5.92 Å². The highest BCUT2D eigenvalue weighted by atomic mass is 79.9. The van der Waals surface area contributed by atoms with Gasteiger partial charge in [-0.1, -0.05) is 52.7 Å². The van der Waals surface area contributed by atoms with Gasteiger partial charge in [-0.25, -0.2) is 9.36 Å². The summed E-state index contributed by atoms with van der Waals surface area (Å²) in [6, 6.07) is 9.35. The van der Waals surface area contributed by atoms with Crippen molar-refractivity contribution in [3.8, 4) is 5.75 Å². The lowest BCUT2D eigenvalue weighted by Gasteiger charge is -2.25. The monoisotopic (exact) mass is 594 g/mol. The Bertz CT molecular complexity index is 1190. The van der Waals surface area contributed by atoms with Crippen molar-refractivity contribution in [2.75, 3.05) is 19.4 Å². The second-order valence-electron chi connectivity index (χ2n) is 7.81. The maximum Gasteiger partial charge on any atom is 0.380 e. The molecule has 0 unspecified atom stereocenters. The smallest absolute Gasteiger partial charge is 0.380 e. The minimum atomic E-state index is -3.97. The number of carbonyl (C=O) groups excluding carboxylic acids is 1.